The maximum absolute atomic E-state index is 11.8. The van der Waals surface area contributed by atoms with Crippen molar-refractivity contribution in [3.8, 4) is 0 Å². The molecule has 0 bridgehead atoms. The number of nitrogens with zero attached hydrogens (tertiary/aromatic N) is 1. The van der Waals surface area contributed by atoms with Crippen LogP contribution >= 0.6 is 0 Å². The van der Waals surface area contributed by atoms with E-state index in [1.165, 1.54) is 29.6 Å². The predicted octanol–water partition coefficient (Wildman–Crippen LogP) is 3.12. The van der Waals surface area contributed by atoms with Crippen molar-refractivity contribution in [3.63, 3.8) is 0 Å². The number of fused-ring (bicyclic) bond motifs is 3. The van der Waals surface area contributed by atoms with Gasteiger partial charge in [-0.05, 0) is 36.8 Å². The fraction of sp³-hybridized carbons (Fsp3) is 0.200. The van der Waals surface area contributed by atoms with Crippen LogP contribution in [-0.2, 0) is 20.9 Å². The van der Waals surface area contributed by atoms with E-state index in [4.69, 9.17) is 0 Å². The molecule has 3 aromatic rings. The molecular formula is C20H20N2O3. The van der Waals surface area contributed by atoms with Crippen LogP contribution in [0.1, 0.15) is 12.5 Å². The average Bonchev–Trinajstić information content (AvgIpc) is 2.97. The Morgan fingerprint density at radius 2 is 1.88 bits per heavy atom. The van der Waals surface area contributed by atoms with Crippen molar-refractivity contribution < 1.29 is 14.3 Å². The zero-order chi connectivity index (χ0) is 17.8. The third kappa shape index (κ3) is 3.40. The van der Waals surface area contributed by atoms with Gasteiger partial charge in [-0.25, -0.2) is 0 Å². The van der Waals surface area contributed by atoms with Gasteiger partial charge in [-0.3, -0.25) is 9.59 Å². The van der Waals surface area contributed by atoms with Crippen LogP contribution in [-0.4, -0.2) is 30.1 Å². The molecule has 0 saturated carbocycles. The van der Waals surface area contributed by atoms with Crippen LogP contribution < -0.4 is 5.32 Å². The molecule has 0 unspecified atom stereocenters. The lowest BCUT2D eigenvalue weighted by Crippen LogP contribution is -2.28. The van der Waals surface area contributed by atoms with Gasteiger partial charge in [0.05, 0.1) is 7.11 Å². The molecule has 0 spiro atoms. The van der Waals surface area contributed by atoms with Gasteiger partial charge < -0.3 is 14.6 Å². The lowest BCUT2D eigenvalue weighted by Gasteiger charge is -2.03. The molecule has 0 radical (unpaired) electrons. The molecule has 2 aromatic carbocycles. The number of hydrogen-bond acceptors (Lipinski definition) is 3. The molecule has 25 heavy (non-hydrogen) atoms. The maximum atomic E-state index is 11.8. The minimum Gasteiger partial charge on any atom is -0.468 e. The highest BCUT2D eigenvalue weighted by molar-refractivity contribution is 6.08. The predicted molar refractivity (Wildman–Crippen MR) is 99.2 cm³/mol. The Morgan fingerprint density at radius 3 is 2.64 bits per heavy atom. The second-order valence-corrected chi connectivity index (χ2v) is 5.67. The van der Waals surface area contributed by atoms with Crippen molar-refractivity contribution in [1.82, 2.24) is 9.88 Å². The first-order valence-corrected chi connectivity index (χ1v) is 8.17. The minimum absolute atomic E-state index is 0.136. The van der Waals surface area contributed by atoms with Gasteiger partial charge in [0, 0.05) is 34.4 Å². The van der Waals surface area contributed by atoms with Crippen LogP contribution in [0.5, 0.6) is 0 Å². The summed E-state index contributed by atoms with van der Waals surface area (Å²) in [5.74, 6) is -0.808. The topological polar surface area (TPSA) is 60.3 Å². The number of carbonyl (C=O) groups excluding carboxylic acids is 2. The molecule has 1 N–H and O–H groups in total. The molecule has 0 aliphatic rings. The second kappa shape index (κ2) is 7.21. The first-order chi connectivity index (χ1) is 12.1. The van der Waals surface area contributed by atoms with E-state index in [1.54, 1.807) is 6.08 Å². The van der Waals surface area contributed by atoms with Gasteiger partial charge in [-0.2, -0.15) is 0 Å². The number of esters is 1. The molecule has 1 amide bonds. The first kappa shape index (κ1) is 16.8. The normalized spacial score (nSPS) is 11.3. The van der Waals surface area contributed by atoms with E-state index < -0.39 is 5.97 Å². The summed E-state index contributed by atoms with van der Waals surface area (Å²) < 4.78 is 6.76. The highest BCUT2D eigenvalue weighted by Gasteiger charge is 2.09. The molecule has 0 atom stereocenters. The lowest BCUT2D eigenvalue weighted by molar-refractivity contribution is -0.140. The Labute approximate surface area is 145 Å². The number of hydrogen-bond donors (Lipinski definition) is 1. The van der Waals surface area contributed by atoms with E-state index in [1.807, 2.05) is 18.2 Å². The minimum atomic E-state index is -0.476. The quantitative estimate of drug-likeness (QED) is 0.575. The summed E-state index contributed by atoms with van der Waals surface area (Å²) in [7, 11) is 1.28. The summed E-state index contributed by atoms with van der Waals surface area (Å²) in [5.41, 5.74) is 3.31. The number of methoxy groups -OCH3 is 1. The average molecular weight is 336 g/mol. The van der Waals surface area contributed by atoms with Crippen LogP contribution in [0.4, 0.5) is 0 Å². The van der Waals surface area contributed by atoms with Crippen LogP contribution in [0.2, 0.25) is 0 Å². The number of nitrogens with one attached hydrogen (secondary N) is 1. The van der Waals surface area contributed by atoms with Gasteiger partial charge in [-0.1, -0.05) is 24.3 Å². The zero-order valence-corrected chi connectivity index (χ0v) is 14.3. The lowest BCUT2D eigenvalue weighted by atomic mass is 10.1. The van der Waals surface area contributed by atoms with Crippen molar-refractivity contribution in [3.05, 3.63) is 54.1 Å². The van der Waals surface area contributed by atoms with Crippen LogP contribution in [0, 0.1) is 0 Å². The standard InChI is InChI=1S/C20H20N2O3/c1-3-22-17-7-5-4-6-15(17)16-12-14(8-10-18(16)22)9-11-19(23)21-13-20(24)25-2/h4-12H,3,13H2,1-2H3,(H,21,23)/b11-9+. The van der Waals surface area contributed by atoms with Gasteiger partial charge in [0.1, 0.15) is 6.54 Å². The molecule has 1 aromatic heterocycles. The van der Waals surface area contributed by atoms with Crippen LogP contribution in [0.3, 0.4) is 0 Å². The van der Waals surface area contributed by atoms with Gasteiger partial charge in [0.25, 0.3) is 0 Å². The molecule has 1 heterocycles. The maximum Gasteiger partial charge on any atom is 0.325 e. The number of aromatic nitrogens is 1. The number of carbonyl (C=O) groups is 2. The smallest absolute Gasteiger partial charge is 0.325 e. The Morgan fingerprint density at radius 1 is 1.12 bits per heavy atom. The fourth-order valence-corrected chi connectivity index (χ4v) is 2.98. The second-order valence-electron chi connectivity index (χ2n) is 5.67. The highest BCUT2D eigenvalue weighted by Crippen LogP contribution is 2.29. The van der Waals surface area contributed by atoms with E-state index in [-0.39, 0.29) is 12.5 Å². The third-order valence-electron chi connectivity index (χ3n) is 4.17. The van der Waals surface area contributed by atoms with Gasteiger partial charge in [-0.15, -0.1) is 0 Å². The molecule has 3 rings (SSSR count). The number of para-hydroxylation sites is 1. The molecule has 0 saturated heterocycles. The Balaban J connectivity index is 1.89. The van der Waals surface area contributed by atoms with E-state index in [2.05, 4.69) is 45.8 Å². The van der Waals surface area contributed by atoms with Crippen molar-refractivity contribution in [2.45, 2.75) is 13.5 Å². The van der Waals surface area contributed by atoms with E-state index >= 15 is 0 Å². The van der Waals surface area contributed by atoms with Crippen LogP contribution in [0.25, 0.3) is 27.9 Å². The van der Waals surface area contributed by atoms with E-state index in [0.717, 1.165) is 17.5 Å². The number of amides is 1. The molecule has 5 nitrogen and oxygen atoms in total. The number of aryl methyl sites for hydroxylation is 1. The van der Waals surface area contributed by atoms with Crippen molar-refractivity contribution >= 4 is 39.8 Å². The number of rotatable bonds is 5. The largest absolute Gasteiger partial charge is 0.468 e. The molecule has 0 fully saturated rings. The third-order valence-corrected chi connectivity index (χ3v) is 4.17. The summed E-state index contributed by atoms with van der Waals surface area (Å²) >= 11 is 0. The van der Waals surface area contributed by atoms with Crippen molar-refractivity contribution in [2.24, 2.45) is 0 Å². The SMILES string of the molecule is CCn1c2ccccc2c2cc(/C=C/C(=O)NCC(=O)OC)ccc21. The highest BCUT2D eigenvalue weighted by atomic mass is 16.5. The number of ether oxygens (including phenoxy) is 1. The van der Waals surface area contributed by atoms with E-state index in [9.17, 15) is 9.59 Å². The van der Waals surface area contributed by atoms with E-state index in [0.29, 0.717) is 0 Å². The Hall–Kier alpha value is -3.08. The number of benzene rings is 2. The van der Waals surface area contributed by atoms with Crippen molar-refractivity contribution in [1.29, 1.82) is 0 Å². The summed E-state index contributed by atoms with van der Waals surface area (Å²) in [6.07, 6.45) is 3.16. The van der Waals surface area contributed by atoms with Gasteiger partial charge in [0.2, 0.25) is 5.91 Å². The monoisotopic (exact) mass is 336 g/mol. The molecular weight excluding hydrogens is 316 g/mol. The summed E-state index contributed by atoms with van der Waals surface area (Å²) in [6, 6.07) is 14.4. The molecule has 5 heteroatoms. The summed E-state index contributed by atoms with van der Waals surface area (Å²) in [5, 5.41) is 4.84. The Bertz CT molecular complexity index is 970. The molecule has 128 valence electrons. The fourth-order valence-electron chi connectivity index (χ4n) is 2.98. The summed E-state index contributed by atoms with van der Waals surface area (Å²) in [4.78, 5) is 22.8. The van der Waals surface area contributed by atoms with Crippen LogP contribution in [0.15, 0.2) is 48.5 Å². The zero-order valence-electron chi connectivity index (χ0n) is 14.3. The van der Waals surface area contributed by atoms with Crippen molar-refractivity contribution in [2.75, 3.05) is 13.7 Å². The Kier molecular flexibility index (Phi) is 4.84. The van der Waals surface area contributed by atoms with Gasteiger partial charge in [0.15, 0.2) is 0 Å². The summed E-state index contributed by atoms with van der Waals surface area (Å²) in [6.45, 7) is 2.89. The first-order valence-electron chi connectivity index (χ1n) is 8.17. The molecule has 0 aliphatic carbocycles. The van der Waals surface area contributed by atoms with Gasteiger partial charge >= 0.3 is 5.97 Å². The molecule has 0 aliphatic heterocycles.